The normalized spacial score (nSPS) is 15.9. The van der Waals surface area contributed by atoms with Crippen LogP contribution in [0.15, 0.2) is 24.5 Å². The smallest absolute Gasteiger partial charge is 0.414 e. The molecule has 1 aliphatic rings. The van der Waals surface area contributed by atoms with Crippen molar-refractivity contribution in [1.29, 1.82) is 0 Å². The molecule has 0 bridgehead atoms. The molecule has 1 amide bonds. The molecule has 1 aromatic rings. The Morgan fingerprint density at radius 3 is 2.41 bits per heavy atom. The number of piperidine rings is 1. The number of methoxy groups -OCH3 is 1. The summed E-state index contributed by atoms with van der Waals surface area (Å²) < 4.78 is 5.05. The number of carboxylic acids is 2. The van der Waals surface area contributed by atoms with E-state index >= 15 is 0 Å². The van der Waals surface area contributed by atoms with Gasteiger partial charge >= 0.3 is 11.9 Å². The van der Waals surface area contributed by atoms with E-state index in [0.29, 0.717) is 6.61 Å². The van der Waals surface area contributed by atoms with Crippen molar-refractivity contribution >= 4 is 17.8 Å². The maximum atomic E-state index is 12.2. The third-order valence-corrected chi connectivity index (χ3v) is 4.08. The van der Waals surface area contributed by atoms with Crippen LogP contribution in [-0.2, 0) is 25.7 Å². The molecule has 0 saturated carbocycles. The molecule has 3 N–H and O–H groups in total. The van der Waals surface area contributed by atoms with E-state index in [9.17, 15) is 4.79 Å². The number of aromatic nitrogens is 1. The van der Waals surface area contributed by atoms with Gasteiger partial charge in [-0.15, -0.1) is 0 Å². The second-order valence-electron chi connectivity index (χ2n) is 6.39. The van der Waals surface area contributed by atoms with E-state index < -0.39 is 11.9 Å². The minimum atomic E-state index is -1.82. The summed E-state index contributed by atoms with van der Waals surface area (Å²) in [6, 6.07) is 4.14. The molecule has 9 heteroatoms. The lowest BCUT2D eigenvalue weighted by Crippen LogP contribution is -2.44. The lowest BCUT2D eigenvalue weighted by molar-refractivity contribution is -0.159. The van der Waals surface area contributed by atoms with E-state index in [1.807, 2.05) is 19.2 Å². The van der Waals surface area contributed by atoms with Crippen LogP contribution in [-0.4, -0.2) is 70.8 Å². The van der Waals surface area contributed by atoms with Crippen molar-refractivity contribution in [1.82, 2.24) is 15.2 Å². The zero-order valence-corrected chi connectivity index (χ0v) is 15.6. The van der Waals surface area contributed by atoms with Gasteiger partial charge in [-0.1, -0.05) is 6.07 Å². The molecule has 0 radical (unpaired) electrons. The standard InChI is InChI=1S/C16H25N3O2.C2H2O4/c1-13(12-21-2)18-16(20)15-5-8-19(9-6-15)11-14-4-3-7-17-10-14;3-1(4)2(5)6/h3-4,7,10,13,15H,5-6,8-9,11-12H2,1-2H3,(H,18,20);(H,3,4)(H,5,6). The van der Waals surface area contributed by atoms with Gasteiger partial charge in [0.2, 0.25) is 5.91 Å². The number of likely N-dealkylation sites (tertiary alicyclic amines) is 1. The second kappa shape index (κ2) is 12.0. The number of nitrogens with one attached hydrogen (secondary N) is 1. The number of nitrogens with zero attached hydrogens (tertiary/aromatic N) is 2. The largest absolute Gasteiger partial charge is 0.473 e. The van der Waals surface area contributed by atoms with Crippen molar-refractivity contribution in [2.24, 2.45) is 5.92 Å². The number of carboxylic acid groups (broad SMARTS) is 2. The van der Waals surface area contributed by atoms with Crippen molar-refractivity contribution in [2.45, 2.75) is 32.4 Å². The quantitative estimate of drug-likeness (QED) is 0.611. The predicted octanol–water partition coefficient (Wildman–Crippen LogP) is 0.600. The highest BCUT2D eigenvalue weighted by Crippen LogP contribution is 2.19. The van der Waals surface area contributed by atoms with Gasteiger partial charge < -0.3 is 20.3 Å². The molecule has 1 unspecified atom stereocenters. The van der Waals surface area contributed by atoms with Crippen LogP contribution in [0.4, 0.5) is 0 Å². The van der Waals surface area contributed by atoms with Crippen LogP contribution in [0.3, 0.4) is 0 Å². The average Bonchev–Trinajstić information content (AvgIpc) is 2.63. The molecule has 27 heavy (non-hydrogen) atoms. The van der Waals surface area contributed by atoms with Gasteiger partial charge in [-0.3, -0.25) is 14.7 Å². The predicted molar refractivity (Wildman–Crippen MR) is 97.0 cm³/mol. The third kappa shape index (κ3) is 9.11. The van der Waals surface area contributed by atoms with E-state index in [2.05, 4.69) is 21.3 Å². The molecule has 2 heterocycles. The molecular formula is C18H27N3O6. The van der Waals surface area contributed by atoms with E-state index in [0.717, 1.165) is 32.5 Å². The zero-order valence-electron chi connectivity index (χ0n) is 15.6. The molecule has 0 aromatic carbocycles. The molecule has 0 spiro atoms. The van der Waals surface area contributed by atoms with Crippen molar-refractivity contribution in [3.05, 3.63) is 30.1 Å². The van der Waals surface area contributed by atoms with Crippen molar-refractivity contribution < 1.29 is 29.3 Å². The molecule has 1 saturated heterocycles. The van der Waals surface area contributed by atoms with Crippen LogP contribution in [0.2, 0.25) is 0 Å². The third-order valence-electron chi connectivity index (χ3n) is 4.08. The lowest BCUT2D eigenvalue weighted by atomic mass is 9.95. The minimum absolute atomic E-state index is 0.0796. The minimum Gasteiger partial charge on any atom is -0.473 e. The fourth-order valence-corrected chi connectivity index (χ4v) is 2.76. The summed E-state index contributed by atoms with van der Waals surface area (Å²) >= 11 is 0. The summed E-state index contributed by atoms with van der Waals surface area (Å²) in [5.74, 6) is -3.35. The summed E-state index contributed by atoms with van der Waals surface area (Å²) in [5.41, 5.74) is 1.23. The van der Waals surface area contributed by atoms with Crippen molar-refractivity contribution in [2.75, 3.05) is 26.8 Å². The molecule has 150 valence electrons. The lowest BCUT2D eigenvalue weighted by Gasteiger charge is -2.31. The number of pyridine rings is 1. The second-order valence-corrected chi connectivity index (χ2v) is 6.39. The van der Waals surface area contributed by atoms with Gasteiger partial charge in [-0.05, 0) is 44.5 Å². The average molecular weight is 381 g/mol. The summed E-state index contributed by atoms with van der Waals surface area (Å²) in [7, 11) is 1.65. The van der Waals surface area contributed by atoms with Crippen LogP contribution in [0.5, 0.6) is 0 Å². The van der Waals surface area contributed by atoms with E-state index in [-0.39, 0.29) is 17.9 Å². The van der Waals surface area contributed by atoms with E-state index in [4.69, 9.17) is 24.5 Å². The summed E-state index contributed by atoms with van der Waals surface area (Å²) in [4.78, 5) is 36.9. The van der Waals surface area contributed by atoms with Gasteiger partial charge in [0.05, 0.1) is 6.61 Å². The Labute approximate surface area is 158 Å². The summed E-state index contributed by atoms with van der Waals surface area (Å²) in [5, 5.41) is 17.8. The number of rotatable bonds is 6. The maximum Gasteiger partial charge on any atom is 0.414 e. The van der Waals surface area contributed by atoms with Gasteiger partial charge in [0.25, 0.3) is 0 Å². The fourth-order valence-electron chi connectivity index (χ4n) is 2.76. The molecule has 1 atom stereocenters. The molecular weight excluding hydrogens is 354 g/mol. The Morgan fingerprint density at radius 2 is 1.93 bits per heavy atom. The number of carbonyl (C=O) groups is 3. The Balaban J connectivity index is 0.000000527. The van der Waals surface area contributed by atoms with Crippen LogP contribution in [0.1, 0.15) is 25.3 Å². The number of carbonyl (C=O) groups excluding carboxylic acids is 1. The summed E-state index contributed by atoms with van der Waals surface area (Å²) in [6.45, 7) is 5.38. The van der Waals surface area contributed by atoms with Crippen LogP contribution < -0.4 is 5.32 Å². The van der Waals surface area contributed by atoms with Crippen molar-refractivity contribution in [3.63, 3.8) is 0 Å². The van der Waals surface area contributed by atoms with Crippen LogP contribution in [0, 0.1) is 5.92 Å². The van der Waals surface area contributed by atoms with E-state index in [1.165, 1.54) is 5.56 Å². The van der Waals surface area contributed by atoms with Gasteiger partial charge in [-0.2, -0.15) is 0 Å². The number of hydrogen-bond acceptors (Lipinski definition) is 6. The first-order chi connectivity index (χ1) is 12.8. The number of ether oxygens (including phenoxy) is 1. The highest BCUT2D eigenvalue weighted by atomic mass is 16.5. The van der Waals surface area contributed by atoms with E-state index in [1.54, 1.807) is 13.3 Å². The fraction of sp³-hybridized carbons (Fsp3) is 0.556. The van der Waals surface area contributed by atoms with Gasteiger partial charge in [0.15, 0.2) is 0 Å². The Bertz CT molecular complexity index is 590. The Hall–Kier alpha value is -2.52. The van der Waals surface area contributed by atoms with Gasteiger partial charge in [0, 0.05) is 38.0 Å². The molecule has 1 fully saturated rings. The van der Waals surface area contributed by atoms with Crippen molar-refractivity contribution in [3.8, 4) is 0 Å². The molecule has 0 aliphatic carbocycles. The molecule has 1 aromatic heterocycles. The van der Waals surface area contributed by atoms with Crippen LogP contribution in [0.25, 0.3) is 0 Å². The Kier molecular flexibility index (Phi) is 9.99. The number of amides is 1. The summed E-state index contributed by atoms with van der Waals surface area (Å²) in [6.07, 6.45) is 5.55. The number of hydrogen-bond donors (Lipinski definition) is 3. The monoisotopic (exact) mass is 381 g/mol. The SMILES string of the molecule is COCC(C)NC(=O)C1CCN(Cc2cccnc2)CC1.O=C(O)C(=O)O. The Morgan fingerprint density at radius 1 is 1.30 bits per heavy atom. The molecule has 9 nitrogen and oxygen atoms in total. The first-order valence-electron chi connectivity index (χ1n) is 8.70. The zero-order chi connectivity index (χ0) is 20.2. The topological polar surface area (TPSA) is 129 Å². The highest BCUT2D eigenvalue weighted by Gasteiger charge is 2.25. The van der Waals surface area contributed by atoms with Gasteiger partial charge in [0.1, 0.15) is 0 Å². The maximum absolute atomic E-state index is 12.2. The molecule has 1 aliphatic heterocycles. The van der Waals surface area contributed by atoms with Gasteiger partial charge in [-0.25, -0.2) is 9.59 Å². The first kappa shape index (κ1) is 22.5. The number of aliphatic carboxylic acids is 2. The molecule has 2 rings (SSSR count). The van der Waals surface area contributed by atoms with Crippen LogP contribution >= 0.6 is 0 Å². The first-order valence-corrected chi connectivity index (χ1v) is 8.70. The highest BCUT2D eigenvalue weighted by molar-refractivity contribution is 6.27.